The summed E-state index contributed by atoms with van der Waals surface area (Å²) < 4.78 is 8.26. The number of fused-ring (bicyclic) bond motifs is 1. The number of hydrogen-bond donors (Lipinski definition) is 1. The van der Waals surface area contributed by atoms with Crippen LogP contribution in [0.3, 0.4) is 0 Å². The highest BCUT2D eigenvalue weighted by molar-refractivity contribution is 9.10. The van der Waals surface area contributed by atoms with E-state index in [9.17, 15) is 4.79 Å². The Morgan fingerprint density at radius 2 is 2.15 bits per heavy atom. The van der Waals surface area contributed by atoms with E-state index in [0.29, 0.717) is 0 Å². The lowest BCUT2D eigenvalue weighted by atomic mass is 10.1. The molecule has 1 atom stereocenters. The van der Waals surface area contributed by atoms with Crippen molar-refractivity contribution in [3.05, 3.63) is 15.9 Å². The Bertz CT molecular complexity index is 505. The van der Waals surface area contributed by atoms with Gasteiger partial charge in [-0.1, -0.05) is 0 Å². The summed E-state index contributed by atoms with van der Waals surface area (Å²) in [5, 5.41) is 7.43. The lowest BCUT2D eigenvalue weighted by Crippen LogP contribution is -2.39. The fourth-order valence-corrected chi connectivity index (χ4v) is 2.83. The molecule has 1 amide bonds. The minimum absolute atomic E-state index is 0.143. The Morgan fingerprint density at radius 3 is 2.80 bits per heavy atom. The minimum Gasteiger partial charge on any atom is -0.444 e. The van der Waals surface area contributed by atoms with Crippen LogP contribution in [0.25, 0.3) is 0 Å². The van der Waals surface area contributed by atoms with Crippen molar-refractivity contribution in [3.63, 3.8) is 0 Å². The molecule has 0 aliphatic carbocycles. The zero-order chi connectivity index (χ0) is 14.9. The summed E-state index contributed by atoms with van der Waals surface area (Å²) in [7, 11) is 0. The van der Waals surface area contributed by atoms with Gasteiger partial charge in [0.25, 0.3) is 0 Å². The Hall–Kier alpha value is -1.04. The van der Waals surface area contributed by atoms with E-state index < -0.39 is 5.60 Å². The van der Waals surface area contributed by atoms with Crippen LogP contribution in [-0.4, -0.2) is 27.5 Å². The molecule has 0 aromatic carbocycles. The number of nitrogens with one attached hydrogen (secondary N) is 1. The monoisotopic (exact) mass is 343 g/mol. The van der Waals surface area contributed by atoms with Crippen molar-refractivity contribution >= 4 is 22.0 Å². The van der Waals surface area contributed by atoms with Gasteiger partial charge in [0, 0.05) is 23.8 Å². The Morgan fingerprint density at radius 1 is 1.45 bits per heavy atom. The van der Waals surface area contributed by atoms with E-state index in [-0.39, 0.29) is 12.1 Å². The van der Waals surface area contributed by atoms with Gasteiger partial charge >= 0.3 is 6.09 Å². The van der Waals surface area contributed by atoms with E-state index in [1.807, 2.05) is 25.5 Å². The second kappa shape index (κ2) is 5.76. The summed E-state index contributed by atoms with van der Waals surface area (Å²) >= 11 is 3.47. The Labute approximate surface area is 128 Å². The quantitative estimate of drug-likeness (QED) is 0.851. The number of halogens is 1. The van der Waals surface area contributed by atoms with Gasteiger partial charge in [-0.25, -0.2) is 4.79 Å². The minimum atomic E-state index is -0.455. The molecule has 1 N–H and O–H groups in total. The number of ether oxygens (including phenoxy) is 1. The van der Waals surface area contributed by atoms with Crippen LogP contribution in [0.15, 0.2) is 4.60 Å². The van der Waals surface area contributed by atoms with Gasteiger partial charge in [-0.15, -0.1) is 0 Å². The lowest BCUT2D eigenvalue weighted by molar-refractivity contribution is 0.0499. The van der Waals surface area contributed by atoms with Gasteiger partial charge in [0.15, 0.2) is 0 Å². The predicted molar refractivity (Wildman–Crippen MR) is 80.8 cm³/mol. The summed E-state index contributed by atoms with van der Waals surface area (Å²) in [4.78, 5) is 11.8. The molecule has 1 aliphatic rings. The van der Waals surface area contributed by atoms with Crippen LogP contribution in [0.4, 0.5) is 4.79 Å². The van der Waals surface area contributed by atoms with Gasteiger partial charge in [0.2, 0.25) is 0 Å². The number of carbonyl (C=O) groups is 1. The summed E-state index contributed by atoms with van der Waals surface area (Å²) in [6.07, 6.45) is 2.38. The average molecular weight is 344 g/mol. The van der Waals surface area contributed by atoms with Crippen molar-refractivity contribution in [2.24, 2.45) is 0 Å². The molecule has 6 heteroatoms. The number of amides is 1. The molecule has 0 radical (unpaired) electrons. The third-order valence-electron chi connectivity index (χ3n) is 3.40. The SMILES string of the molecule is Cc1c(Br)nn2c1CCC(NC(=O)OC(C)(C)C)CC2. The molecular weight excluding hydrogens is 322 g/mol. The van der Waals surface area contributed by atoms with Crippen LogP contribution in [0.1, 0.15) is 44.9 Å². The van der Waals surface area contributed by atoms with Crippen LogP contribution < -0.4 is 5.32 Å². The van der Waals surface area contributed by atoms with Gasteiger partial charge in [-0.05, 0) is 62.9 Å². The highest BCUT2D eigenvalue weighted by Gasteiger charge is 2.23. The molecule has 1 aromatic heterocycles. The first-order chi connectivity index (χ1) is 9.26. The van der Waals surface area contributed by atoms with E-state index in [1.165, 1.54) is 11.3 Å². The molecule has 0 saturated heterocycles. The van der Waals surface area contributed by atoms with Crippen LogP contribution in [0, 0.1) is 6.92 Å². The second-order valence-corrected chi connectivity index (χ2v) is 7.01. The second-order valence-electron chi connectivity index (χ2n) is 6.26. The summed E-state index contributed by atoms with van der Waals surface area (Å²) in [6, 6.07) is 0.143. The van der Waals surface area contributed by atoms with Crippen molar-refractivity contribution in [2.75, 3.05) is 0 Å². The molecule has 0 saturated carbocycles. The zero-order valence-corrected chi connectivity index (χ0v) is 14.1. The van der Waals surface area contributed by atoms with E-state index >= 15 is 0 Å². The smallest absolute Gasteiger partial charge is 0.407 e. The van der Waals surface area contributed by atoms with Gasteiger partial charge in [-0.3, -0.25) is 4.68 Å². The molecular formula is C14H22BrN3O2. The molecule has 112 valence electrons. The maximum atomic E-state index is 11.8. The van der Waals surface area contributed by atoms with Gasteiger partial charge in [0.1, 0.15) is 10.2 Å². The first-order valence-electron chi connectivity index (χ1n) is 6.97. The number of rotatable bonds is 1. The van der Waals surface area contributed by atoms with Crippen molar-refractivity contribution in [1.29, 1.82) is 0 Å². The lowest BCUT2D eigenvalue weighted by Gasteiger charge is -2.22. The van der Waals surface area contributed by atoms with E-state index in [1.54, 1.807) is 0 Å². The van der Waals surface area contributed by atoms with Crippen molar-refractivity contribution in [3.8, 4) is 0 Å². The largest absolute Gasteiger partial charge is 0.444 e. The molecule has 2 rings (SSSR count). The van der Waals surface area contributed by atoms with E-state index in [2.05, 4.69) is 33.3 Å². The predicted octanol–water partition coefficient (Wildman–Crippen LogP) is 3.18. The number of nitrogens with zero attached hydrogens (tertiary/aromatic N) is 2. The standard InChI is InChI=1S/C14H22BrN3O2/c1-9-11-6-5-10(7-8-18(11)17-12(9)15)16-13(19)20-14(2,3)4/h10H,5-8H2,1-4H3,(H,16,19). The summed E-state index contributed by atoms with van der Waals surface area (Å²) in [6.45, 7) is 8.51. The molecule has 20 heavy (non-hydrogen) atoms. The van der Waals surface area contributed by atoms with Gasteiger partial charge in [0.05, 0.1) is 0 Å². The number of aromatic nitrogens is 2. The van der Waals surface area contributed by atoms with Crippen LogP contribution in [0.5, 0.6) is 0 Å². The molecule has 0 fully saturated rings. The fraction of sp³-hybridized carbons (Fsp3) is 0.714. The summed E-state index contributed by atoms with van der Waals surface area (Å²) in [5.41, 5.74) is 2.00. The van der Waals surface area contributed by atoms with Crippen LogP contribution in [0.2, 0.25) is 0 Å². The zero-order valence-electron chi connectivity index (χ0n) is 12.5. The first kappa shape index (κ1) is 15.4. The van der Waals surface area contributed by atoms with E-state index in [4.69, 9.17) is 4.74 Å². The Balaban J connectivity index is 1.94. The average Bonchev–Trinajstić information content (AvgIpc) is 2.47. The molecule has 2 heterocycles. The maximum Gasteiger partial charge on any atom is 0.407 e. The normalized spacial score (nSPS) is 19.1. The molecule has 0 spiro atoms. The first-order valence-corrected chi connectivity index (χ1v) is 7.77. The molecule has 1 aromatic rings. The highest BCUT2D eigenvalue weighted by Crippen LogP contribution is 2.24. The van der Waals surface area contributed by atoms with Gasteiger partial charge < -0.3 is 10.1 Å². The Kier molecular flexibility index (Phi) is 4.42. The summed E-state index contributed by atoms with van der Waals surface area (Å²) in [5.74, 6) is 0. The number of carbonyl (C=O) groups excluding carboxylic acids is 1. The van der Waals surface area contributed by atoms with Crippen molar-refractivity contribution in [2.45, 2.75) is 65.1 Å². The number of aryl methyl sites for hydroxylation is 1. The topological polar surface area (TPSA) is 56.2 Å². The van der Waals surface area contributed by atoms with Crippen LogP contribution >= 0.6 is 15.9 Å². The van der Waals surface area contributed by atoms with Crippen molar-refractivity contribution in [1.82, 2.24) is 15.1 Å². The van der Waals surface area contributed by atoms with Crippen LogP contribution in [-0.2, 0) is 17.7 Å². The van der Waals surface area contributed by atoms with Crippen molar-refractivity contribution < 1.29 is 9.53 Å². The number of alkyl carbamates (subject to hydrolysis) is 1. The van der Waals surface area contributed by atoms with Gasteiger partial charge in [-0.2, -0.15) is 5.10 Å². The van der Waals surface area contributed by atoms with E-state index in [0.717, 1.165) is 30.4 Å². The fourth-order valence-electron chi connectivity index (χ4n) is 2.41. The maximum absolute atomic E-state index is 11.8. The molecule has 1 unspecified atom stereocenters. The number of hydrogen-bond acceptors (Lipinski definition) is 3. The third-order valence-corrected chi connectivity index (χ3v) is 4.16. The third kappa shape index (κ3) is 3.75. The molecule has 0 bridgehead atoms. The highest BCUT2D eigenvalue weighted by atomic mass is 79.9. The molecule has 1 aliphatic heterocycles. The molecule has 5 nitrogen and oxygen atoms in total.